The fourth-order valence-corrected chi connectivity index (χ4v) is 6.29. The molecule has 1 aromatic heterocycles. The van der Waals surface area contributed by atoms with Crippen LogP contribution in [0.1, 0.15) is 47.5 Å². The molecule has 4 aromatic rings. The molecule has 1 aliphatic rings. The van der Waals surface area contributed by atoms with E-state index in [1.165, 1.54) is 5.56 Å². The van der Waals surface area contributed by atoms with Crippen molar-refractivity contribution in [3.63, 3.8) is 0 Å². The minimum Gasteiger partial charge on any atom is -0.497 e. The van der Waals surface area contributed by atoms with Crippen LogP contribution in [0.2, 0.25) is 0 Å². The second-order valence-electron chi connectivity index (χ2n) is 9.47. The van der Waals surface area contributed by atoms with Gasteiger partial charge in [-0.1, -0.05) is 42.5 Å². The maximum absolute atomic E-state index is 13.4. The highest BCUT2D eigenvalue weighted by Crippen LogP contribution is 2.34. The Morgan fingerprint density at radius 2 is 1.83 bits per heavy atom. The van der Waals surface area contributed by atoms with Crippen molar-refractivity contribution < 1.29 is 14.6 Å². The quantitative estimate of drug-likeness (QED) is 0.334. The average Bonchev–Trinajstić information content (AvgIpc) is 3.34. The van der Waals surface area contributed by atoms with Crippen LogP contribution in [0.4, 0.5) is 0 Å². The van der Waals surface area contributed by atoms with E-state index in [4.69, 9.17) is 9.72 Å². The summed E-state index contributed by atoms with van der Waals surface area (Å²) < 4.78 is 6.40. The number of likely N-dealkylation sites (tertiary alicyclic amines) is 1. The number of aliphatic hydroxyl groups excluding tert-OH is 1. The van der Waals surface area contributed by atoms with E-state index in [1.807, 2.05) is 65.6 Å². The number of thiazole rings is 1. The molecule has 1 N–H and O–H groups in total. The molecule has 0 spiro atoms. The number of aliphatic hydroxyl groups is 1. The van der Waals surface area contributed by atoms with E-state index in [1.54, 1.807) is 18.4 Å². The van der Waals surface area contributed by atoms with Crippen molar-refractivity contribution in [1.29, 1.82) is 0 Å². The lowest BCUT2D eigenvalue weighted by molar-refractivity contribution is 0.0725. The number of benzene rings is 3. The van der Waals surface area contributed by atoms with E-state index in [0.717, 1.165) is 65.3 Å². The highest BCUT2D eigenvalue weighted by atomic mass is 32.1. The standard InChI is InChI=1S/C30H32N2O3S/c1-35-25-14-15-27-28(19-25)36-29(31-27)23-10-5-11-24(18-23)30(34)32-16-6-12-22(13-7-17-32)26(20-33)21-8-3-2-4-9-21/h2-5,8-11,14-15,18-19,22,26,33H,6-7,12-13,16-17,20H2,1H3. The first-order valence-corrected chi connectivity index (χ1v) is 13.5. The number of carbonyl (C=O) groups excluding carboxylic acids is 1. The van der Waals surface area contributed by atoms with E-state index in [0.29, 0.717) is 11.5 Å². The Morgan fingerprint density at radius 1 is 1.06 bits per heavy atom. The third-order valence-electron chi connectivity index (χ3n) is 7.24. The average molecular weight is 501 g/mol. The molecular weight excluding hydrogens is 468 g/mol. The minimum atomic E-state index is 0.0832. The summed E-state index contributed by atoms with van der Waals surface area (Å²) in [5, 5.41) is 11.0. The zero-order chi connectivity index (χ0) is 24.9. The van der Waals surface area contributed by atoms with E-state index >= 15 is 0 Å². The van der Waals surface area contributed by atoms with Gasteiger partial charge in [-0.2, -0.15) is 0 Å². The lowest BCUT2D eigenvalue weighted by atomic mass is 9.80. The van der Waals surface area contributed by atoms with Gasteiger partial charge in [0.05, 0.1) is 23.9 Å². The molecule has 3 aromatic carbocycles. The van der Waals surface area contributed by atoms with Crippen molar-refractivity contribution in [3.8, 4) is 16.3 Å². The second-order valence-corrected chi connectivity index (χ2v) is 10.5. The first-order chi connectivity index (χ1) is 17.7. The van der Waals surface area contributed by atoms with Gasteiger partial charge in [-0.05, 0) is 67.5 Å². The largest absolute Gasteiger partial charge is 0.497 e. The SMILES string of the molecule is COc1ccc2nc(-c3cccc(C(=O)N4CCCC(C(CO)c5ccccc5)CCC4)c3)sc2c1. The van der Waals surface area contributed by atoms with Gasteiger partial charge in [0.2, 0.25) is 0 Å². The Labute approximate surface area is 216 Å². The van der Waals surface area contributed by atoms with Crippen molar-refractivity contribution in [2.24, 2.45) is 5.92 Å². The van der Waals surface area contributed by atoms with Gasteiger partial charge in [-0.25, -0.2) is 4.98 Å². The van der Waals surface area contributed by atoms with Crippen LogP contribution in [0, 0.1) is 5.92 Å². The third kappa shape index (κ3) is 5.30. The summed E-state index contributed by atoms with van der Waals surface area (Å²) in [6, 6.07) is 24.0. The molecule has 1 atom stereocenters. The normalized spacial score (nSPS) is 15.9. The second kappa shape index (κ2) is 11.2. The van der Waals surface area contributed by atoms with E-state index < -0.39 is 0 Å². The first-order valence-electron chi connectivity index (χ1n) is 12.7. The Balaban J connectivity index is 1.27. The third-order valence-corrected chi connectivity index (χ3v) is 8.31. The molecule has 1 amide bonds. The van der Waals surface area contributed by atoms with Crippen molar-refractivity contribution in [2.45, 2.75) is 31.6 Å². The van der Waals surface area contributed by atoms with Crippen LogP contribution in [-0.2, 0) is 0 Å². The summed E-state index contributed by atoms with van der Waals surface area (Å²) in [5.74, 6) is 1.50. The summed E-state index contributed by atoms with van der Waals surface area (Å²) in [6.45, 7) is 1.66. The lowest BCUT2D eigenvalue weighted by Crippen LogP contribution is -2.35. The number of methoxy groups -OCH3 is 1. The number of hydrogen-bond acceptors (Lipinski definition) is 5. The molecule has 0 bridgehead atoms. The van der Waals surface area contributed by atoms with Crippen LogP contribution in [0.5, 0.6) is 5.75 Å². The number of nitrogens with zero attached hydrogens (tertiary/aromatic N) is 2. The van der Waals surface area contributed by atoms with Gasteiger partial charge in [-0.3, -0.25) is 4.79 Å². The highest BCUT2D eigenvalue weighted by molar-refractivity contribution is 7.21. The molecule has 5 nitrogen and oxygen atoms in total. The summed E-state index contributed by atoms with van der Waals surface area (Å²) in [7, 11) is 1.66. The summed E-state index contributed by atoms with van der Waals surface area (Å²) >= 11 is 1.61. The minimum absolute atomic E-state index is 0.0832. The van der Waals surface area contributed by atoms with Crippen molar-refractivity contribution in [2.75, 3.05) is 26.8 Å². The Morgan fingerprint density at radius 3 is 2.56 bits per heavy atom. The van der Waals surface area contributed by atoms with Crippen LogP contribution < -0.4 is 4.74 Å². The highest BCUT2D eigenvalue weighted by Gasteiger charge is 2.26. The van der Waals surface area contributed by atoms with E-state index in [9.17, 15) is 9.90 Å². The van der Waals surface area contributed by atoms with Crippen LogP contribution in [0.15, 0.2) is 72.8 Å². The van der Waals surface area contributed by atoms with Crippen molar-refractivity contribution in [1.82, 2.24) is 9.88 Å². The summed E-state index contributed by atoms with van der Waals surface area (Å²) in [6.07, 6.45) is 3.91. The summed E-state index contributed by atoms with van der Waals surface area (Å²) in [5.41, 5.74) is 3.81. The number of rotatable bonds is 6. The monoisotopic (exact) mass is 500 g/mol. The van der Waals surface area contributed by atoms with Crippen LogP contribution in [-0.4, -0.2) is 47.7 Å². The van der Waals surface area contributed by atoms with Gasteiger partial charge in [0, 0.05) is 30.1 Å². The molecule has 1 fully saturated rings. The molecule has 0 saturated carbocycles. The number of carbonyl (C=O) groups is 1. The molecule has 5 rings (SSSR count). The number of aromatic nitrogens is 1. The maximum atomic E-state index is 13.4. The van der Waals surface area contributed by atoms with Gasteiger partial charge >= 0.3 is 0 Å². The molecule has 186 valence electrons. The first kappa shape index (κ1) is 24.5. The lowest BCUT2D eigenvalue weighted by Gasteiger charge is -2.32. The van der Waals surface area contributed by atoms with Gasteiger partial charge in [0.15, 0.2) is 0 Å². The molecule has 0 aliphatic carbocycles. The van der Waals surface area contributed by atoms with E-state index in [-0.39, 0.29) is 18.4 Å². The smallest absolute Gasteiger partial charge is 0.253 e. The number of hydrogen-bond donors (Lipinski definition) is 1. The van der Waals surface area contributed by atoms with Gasteiger partial charge in [0.25, 0.3) is 5.91 Å². The molecule has 6 heteroatoms. The zero-order valence-electron chi connectivity index (χ0n) is 20.6. The van der Waals surface area contributed by atoms with Crippen molar-refractivity contribution in [3.05, 3.63) is 83.9 Å². The molecule has 0 radical (unpaired) electrons. The fourth-order valence-electron chi connectivity index (χ4n) is 5.30. The Hall–Kier alpha value is -3.22. The van der Waals surface area contributed by atoms with E-state index in [2.05, 4.69) is 12.1 Å². The predicted octanol–water partition coefficient (Wildman–Crippen LogP) is 6.38. The number of amides is 1. The molecule has 1 saturated heterocycles. The molecule has 1 aliphatic heterocycles. The van der Waals surface area contributed by atoms with Gasteiger partial charge in [0.1, 0.15) is 10.8 Å². The molecule has 36 heavy (non-hydrogen) atoms. The Bertz CT molecular complexity index is 1310. The Kier molecular flexibility index (Phi) is 7.63. The molecule has 2 heterocycles. The maximum Gasteiger partial charge on any atom is 0.253 e. The fraction of sp³-hybridized carbons (Fsp3) is 0.333. The van der Waals surface area contributed by atoms with Crippen molar-refractivity contribution >= 4 is 27.5 Å². The van der Waals surface area contributed by atoms with Crippen LogP contribution in [0.25, 0.3) is 20.8 Å². The number of fused-ring (bicyclic) bond motifs is 1. The van der Waals surface area contributed by atoms with Gasteiger partial charge in [-0.15, -0.1) is 11.3 Å². The summed E-state index contributed by atoms with van der Waals surface area (Å²) in [4.78, 5) is 20.2. The zero-order valence-corrected chi connectivity index (χ0v) is 21.4. The number of ether oxygens (including phenoxy) is 1. The molecular formula is C30H32N2O3S. The topological polar surface area (TPSA) is 62.7 Å². The predicted molar refractivity (Wildman–Crippen MR) is 146 cm³/mol. The molecule has 1 unspecified atom stereocenters. The van der Waals surface area contributed by atoms with Crippen LogP contribution >= 0.6 is 11.3 Å². The van der Waals surface area contributed by atoms with Crippen LogP contribution in [0.3, 0.4) is 0 Å². The van der Waals surface area contributed by atoms with Gasteiger partial charge < -0.3 is 14.7 Å².